The molecule has 0 radical (unpaired) electrons. The van der Waals surface area contributed by atoms with Crippen LogP contribution in [0.4, 0.5) is 10.1 Å². The molecule has 0 aliphatic rings. The van der Waals surface area contributed by atoms with Crippen LogP contribution in [0.15, 0.2) is 34.5 Å². The van der Waals surface area contributed by atoms with E-state index in [2.05, 4.69) is 4.72 Å². The second kappa shape index (κ2) is 5.28. The largest absolute Gasteiger partial charge is 0.398 e. The van der Waals surface area contributed by atoms with E-state index in [1.807, 2.05) is 18.4 Å². The fourth-order valence-electron chi connectivity index (χ4n) is 1.59. The summed E-state index contributed by atoms with van der Waals surface area (Å²) in [6.45, 7) is 2.11. The molecule has 4 nitrogen and oxygen atoms in total. The molecule has 7 heteroatoms. The Morgan fingerprint density at radius 3 is 2.68 bits per heavy atom. The smallest absolute Gasteiger partial charge is 0.242 e. The van der Waals surface area contributed by atoms with E-state index < -0.39 is 15.8 Å². The first-order valence-electron chi connectivity index (χ1n) is 5.48. The van der Waals surface area contributed by atoms with Crippen molar-refractivity contribution in [2.45, 2.75) is 18.4 Å². The molecule has 0 spiro atoms. The normalized spacial score (nSPS) is 11.7. The molecule has 1 heterocycles. The number of sulfonamides is 1. The molecule has 1 aromatic heterocycles. The van der Waals surface area contributed by atoms with Gasteiger partial charge >= 0.3 is 0 Å². The molecule has 0 amide bonds. The quantitative estimate of drug-likeness (QED) is 0.851. The van der Waals surface area contributed by atoms with E-state index in [0.717, 1.165) is 28.6 Å². The minimum Gasteiger partial charge on any atom is -0.398 e. The zero-order valence-electron chi connectivity index (χ0n) is 10.2. The van der Waals surface area contributed by atoms with Crippen molar-refractivity contribution < 1.29 is 12.8 Å². The lowest BCUT2D eigenvalue weighted by atomic mass is 10.3. The molecule has 0 unspecified atom stereocenters. The Morgan fingerprint density at radius 1 is 1.37 bits per heavy atom. The van der Waals surface area contributed by atoms with E-state index >= 15 is 0 Å². The second-order valence-corrected chi connectivity index (χ2v) is 6.77. The average Bonchev–Trinajstić information content (AvgIpc) is 2.72. The van der Waals surface area contributed by atoms with E-state index in [9.17, 15) is 12.8 Å². The Kier molecular flexibility index (Phi) is 3.88. The van der Waals surface area contributed by atoms with Crippen LogP contribution < -0.4 is 10.5 Å². The van der Waals surface area contributed by atoms with Crippen LogP contribution in [0.2, 0.25) is 0 Å². The van der Waals surface area contributed by atoms with Crippen LogP contribution in [-0.2, 0) is 16.6 Å². The van der Waals surface area contributed by atoms with E-state index in [1.165, 1.54) is 11.3 Å². The first-order chi connectivity index (χ1) is 8.90. The fourth-order valence-corrected chi connectivity index (χ4v) is 3.63. The van der Waals surface area contributed by atoms with Gasteiger partial charge in [0.15, 0.2) is 0 Å². The van der Waals surface area contributed by atoms with Crippen LogP contribution in [0.3, 0.4) is 0 Å². The molecule has 1 aromatic carbocycles. The topological polar surface area (TPSA) is 72.2 Å². The SMILES string of the molecule is Cc1ccsc1CNS(=O)(=O)c1ccc(F)cc1N. The highest BCUT2D eigenvalue weighted by atomic mass is 32.2. The van der Waals surface area contributed by atoms with Crippen molar-refractivity contribution in [2.24, 2.45) is 0 Å². The number of anilines is 1. The van der Waals surface area contributed by atoms with Gasteiger partial charge in [0, 0.05) is 11.4 Å². The number of benzene rings is 1. The van der Waals surface area contributed by atoms with Gasteiger partial charge in [-0.2, -0.15) is 0 Å². The van der Waals surface area contributed by atoms with Crippen molar-refractivity contribution in [3.63, 3.8) is 0 Å². The van der Waals surface area contributed by atoms with Crippen LogP contribution in [0.5, 0.6) is 0 Å². The van der Waals surface area contributed by atoms with E-state index in [1.54, 1.807) is 0 Å². The Morgan fingerprint density at radius 2 is 2.11 bits per heavy atom. The van der Waals surface area contributed by atoms with Crippen molar-refractivity contribution in [1.82, 2.24) is 4.72 Å². The van der Waals surface area contributed by atoms with Crippen molar-refractivity contribution >= 4 is 27.0 Å². The third-order valence-electron chi connectivity index (χ3n) is 2.65. The third kappa shape index (κ3) is 3.12. The molecule has 19 heavy (non-hydrogen) atoms. The summed E-state index contributed by atoms with van der Waals surface area (Å²) >= 11 is 1.47. The monoisotopic (exact) mass is 300 g/mol. The lowest BCUT2D eigenvalue weighted by Gasteiger charge is -2.08. The molecule has 3 N–H and O–H groups in total. The Labute approximate surface area is 115 Å². The summed E-state index contributed by atoms with van der Waals surface area (Å²) in [4.78, 5) is 0.826. The number of hydrogen-bond donors (Lipinski definition) is 2. The summed E-state index contributed by atoms with van der Waals surface area (Å²) in [6.07, 6.45) is 0. The summed E-state index contributed by atoms with van der Waals surface area (Å²) in [7, 11) is -3.74. The molecule has 2 rings (SSSR count). The highest BCUT2D eigenvalue weighted by Gasteiger charge is 2.18. The van der Waals surface area contributed by atoms with Crippen molar-refractivity contribution in [1.29, 1.82) is 0 Å². The predicted molar refractivity (Wildman–Crippen MR) is 73.9 cm³/mol. The lowest BCUT2D eigenvalue weighted by molar-refractivity contribution is 0.581. The van der Waals surface area contributed by atoms with Crippen LogP contribution in [-0.4, -0.2) is 8.42 Å². The maximum absolute atomic E-state index is 12.9. The number of rotatable bonds is 4. The van der Waals surface area contributed by atoms with Crippen LogP contribution in [0.1, 0.15) is 10.4 Å². The van der Waals surface area contributed by atoms with Crippen molar-refractivity contribution in [3.05, 3.63) is 45.9 Å². The van der Waals surface area contributed by atoms with Gasteiger partial charge in [-0.05, 0) is 42.1 Å². The van der Waals surface area contributed by atoms with Crippen LogP contribution in [0, 0.1) is 12.7 Å². The zero-order chi connectivity index (χ0) is 14.0. The van der Waals surface area contributed by atoms with Gasteiger partial charge in [0.1, 0.15) is 10.7 Å². The van der Waals surface area contributed by atoms with Gasteiger partial charge in [0.2, 0.25) is 10.0 Å². The van der Waals surface area contributed by atoms with E-state index in [-0.39, 0.29) is 17.1 Å². The third-order valence-corrected chi connectivity index (χ3v) is 5.15. The highest BCUT2D eigenvalue weighted by molar-refractivity contribution is 7.89. The molecule has 0 bridgehead atoms. The van der Waals surface area contributed by atoms with E-state index in [0.29, 0.717) is 0 Å². The van der Waals surface area contributed by atoms with Gasteiger partial charge in [-0.25, -0.2) is 17.5 Å². The summed E-state index contributed by atoms with van der Waals surface area (Å²) in [5.41, 5.74) is 6.46. The zero-order valence-corrected chi connectivity index (χ0v) is 11.8. The number of halogens is 1. The van der Waals surface area contributed by atoms with Gasteiger partial charge in [0.05, 0.1) is 5.69 Å². The number of nitrogen functional groups attached to an aromatic ring is 1. The minimum absolute atomic E-state index is 0.101. The van der Waals surface area contributed by atoms with Crippen molar-refractivity contribution in [3.8, 4) is 0 Å². The molecular weight excluding hydrogens is 287 g/mol. The number of nitrogens with two attached hydrogens (primary N) is 1. The van der Waals surface area contributed by atoms with Crippen LogP contribution in [0.25, 0.3) is 0 Å². The van der Waals surface area contributed by atoms with Crippen LogP contribution >= 0.6 is 11.3 Å². The molecule has 0 aliphatic carbocycles. The van der Waals surface area contributed by atoms with Gasteiger partial charge in [-0.1, -0.05) is 0 Å². The Hall–Kier alpha value is -1.44. The molecular formula is C12H13FN2O2S2. The molecule has 0 saturated heterocycles. The van der Waals surface area contributed by atoms with Gasteiger partial charge in [-0.3, -0.25) is 0 Å². The maximum atomic E-state index is 12.9. The number of hydrogen-bond acceptors (Lipinski definition) is 4. The highest BCUT2D eigenvalue weighted by Crippen LogP contribution is 2.20. The number of thiophene rings is 1. The molecule has 0 atom stereocenters. The Bertz CT molecular complexity index is 696. The maximum Gasteiger partial charge on any atom is 0.242 e. The standard InChI is InChI=1S/C12H13FN2O2S2/c1-8-4-5-18-11(8)7-15-19(16,17)12-3-2-9(13)6-10(12)14/h2-6,15H,7,14H2,1H3. The summed E-state index contributed by atoms with van der Waals surface area (Å²) in [5, 5.41) is 1.89. The van der Waals surface area contributed by atoms with E-state index in [4.69, 9.17) is 5.73 Å². The summed E-state index contributed by atoms with van der Waals surface area (Å²) < 4.78 is 39.5. The lowest BCUT2D eigenvalue weighted by Crippen LogP contribution is -2.24. The van der Waals surface area contributed by atoms with Gasteiger partial charge in [-0.15, -0.1) is 11.3 Å². The molecule has 0 fully saturated rings. The first kappa shape index (κ1) is 14.0. The summed E-state index contributed by atoms with van der Waals surface area (Å²) in [6, 6.07) is 5.14. The molecule has 2 aromatic rings. The minimum atomic E-state index is -3.74. The Balaban J connectivity index is 2.21. The molecule has 102 valence electrons. The number of nitrogens with one attached hydrogen (secondary N) is 1. The second-order valence-electron chi connectivity index (χ2n) is 4.03. The molecule has 0 aliphatic heterocycles. The average molecular weight is 300 g/mol. The van der Waals surface area contributed by atoms with Gasteiger partial charge < -0.3 is 5.73 Å². The van der Waals surface area contributed by atoms with Gasteiger partial charge in [0.25, 0.3) is 0 Å². The molecule has 0 saturated carbocycles. The first-order valence-corrected chi connectivity index (χ1v) is 7.84. The number of aryl methyl sites for hydroxylation is 1. The summed E-state index contributed by atoms with van der Waals surface area (Å²) in [5.74, 6) is -0.564. The van der Waals surface area contributed by atoms with Crippen molar-refractivity contribution in [2.75, 3.05) is 5.73 Å². The predicted octanol–water partition coefficient (Wildman–Crippen LogP) is 2.26. The fraction of sp³-hybridized carbons (Fsp3) is 0.167.